The van der Waals surface area contributed by atoms with Crippen molar-refractivity contribution in [3.8, 4) is 22.8 Å². The molecule has 1 aromatic carbocycles. The molecule has 0 N–H and O–H groups in total. The largest absolute Gasteiger partial charge is 0.467 e. The van der Waals surface area contributed by atoms with E-state index in [9.17, 15) is 0 Å². The van der Waals surface area contributed by atoms with E-state index in [1.165, 1.54) is 11.8 Å². The zero-order chi connectivity index (χ0) is 21.0. The Hall–Kier alpha value is -3.43. The van der Waals surface area contributed by atoms with Crippen LogP contribution in [0.4, 0.5) is 0 Å². The SMILES string of the molecule is Clc1cccc(-c2nc(CSc3nnc(-c4cccnc4)n3Cc3ccco3)no2)c1. The van der Waals surface area contributed by atoms with E-state index in [-0.39, 0.29) is 0 Å². The summed E-state index contributed by atoms with van der Waals surface area (Å²) >= 11 is 7.51. The zero-order valence-corrected chi connectivity index (χ0v) is 17.6. The van der Waals surface area contributed by atoms with Gasteiger partial charge in [-0.25, -0.2) is 0 Å². The van der Waals surface area contributed by atoms with Gasteiger partial charge in [-0.2, -0.15) is 4.98 Å². The molecule has 154 valence electrons. The van der Waals surface area contributed by atoms with Gasteiger partial charge in [-0.05, 0) is 42.5 Å². The molecule has 10 heteroatoms. The first-order valence-corrected chi connectivity index (χ1v) is 10.7. The number of thioether (sulfide) groups is 1. The Labute approximate surface area is 186 Å². The van der Waals surface area contributed by atoms with Crippen LogP contribution in [-0.2, 0) is 12.3 Å². The van der Waals surface area contributed by atoms with Crippen LogP contribution < -0.4 is 0 Å². The predicted molar refractivity (Wildman–Crippen MR) is 115 cm³/mol. The summed E-state index contributed by atoms with van der Waals surface area (Å²) in [7, 11) is 0. The Bertz CT molecular complexity index is 1290. The van der Waals surface area contributed by atoms with Gasteiger partial charge < -0.3 is 8.94 Å². The van der Waals surface area contributed by atoms with Crippen LogP contribution in [0.25, 0.3) is 22.8 Å². The summed E-state index contributed by atoms with van der Waals surface area (Å²) in [6.45, 7) is 0.493. The molecule has 31 heavy (non-hydrogen) atoms. The van der Waals surface area contributed by atoms with Crippen LogP contribution in [-0.4, -0.2) is 29.9 Å². The first-order chi connectivity index (χ1) is 15.3. The normalized spacial score (nSPS) is 11.1. The molecule has 0 amide bonds. The summed E-state index contributed by atoms with van der Waals surface area (Å²) in [5, 5.41) is 14.1. The van der Waals surface area contributed by atoms with Gasteiger partial charge in [-0.3, -0.25) is 9.55 Å². The fourth-order valence-corrected chi connectivity index (χ4v) is 3.96. The summed E-state index contributed by atoms with van der Waals surface area (Å²) in [4.78, 5) is 8.65. The summed E-state index contributed by atoms with van der Waals surface area (Å²) < 4.78 is 12.9. The molecule has 0 spiro atoms. The highest BCUT2D eigenvalue weighted by molar-refractivity contribution is 7.98. The van der Waals surface area contributed by atoms with Crippen molar-refractivity contribution in [3.05, 3.63) is 83.8 Å². The topological polar surface area (TPSA) is 95.7 Å². The average molecular weight is 451 g/mol. The van der Waals surface area contributed by atoms with Gasteiger partial charge in [-0.15, -0.1) is 10.2 Å². The number of nitrogens with zero attached hydrogens (tertiary/aromatic N) is 6. The molecule has 0 fully saturated rings. The number of rotatable bonds is 7. The van der Waals surface area contributed by atoms with Crippen LogP contribution >= 0.6 is 23.4 Å². The predicted octanol–water partition coefficient (Wildman–Crippen LogP) is 4.98. The lowest BCUT2D eigenvalue weighted by Gasteiger charge is -2.08. The maximum Gasteiger partial charge on any atom is 0.258 e. The molecule has 0 unspecified atom stereocenters. The highest BCUT2D eigenvalue weighted by atomic mass is 35.5. The summed E-state index contributed by atoms with van der Waals surface area (Å²) in [6.07, 6.45) is 5.13. The van der Waals surface area contributed by atoms with E-state index in [0.29, 0.717) is 40.0 Å². The van der Waals surface area contributed by atoms with Gasteiger partial charge in [0, 0.05) is 28.5 Å². The first-order valence-electron chi connectivity index (χ1n) is 9.33. The lowest BCUT2D eigenvalue weighted by molar-refractivity contribution is 0.425. The Balaban J connectivity index is 1.39. The number of halogens is 1. The molecule has 4 aromatic heterocycles. The third-order valence-corrected chi connectivity index (χ3v) is 5.60. The van der Waals surface area contributed by atoms with E-state index in [4.69, 9.17) is 20.5 Å². The third-order valence-electron chi connectivity index (χ3n) is 4.40. The lowest BCUT2D eigenvalue weighted by Crippen LogP contribution is -2.03. The Morgan fingerprint density at radius 1 is 1.03 bits per heavy atom. The Morgan fingerprint density at radius 2 is 1.97 bits per heavy atom. The minimum absolute atomic E-state index is 0.422. The van der Waals surface area contributed by atoms with Gasteiger partial charge in [0.05, 0.1) is 18.6 Å². The summed E-state index contributed by atoms with van der Waals surface area (Å²) in [5.74, 6) is 2.95. The van der Waals surface area contributed by atoms with Crippen LogP contribution in [0.2, 0.25) is 5.02 Å². The molecule has 4 heterocycles. The van der Waals surface area contributed by atoms with Crippen LogP contribution in [0.3, 0.4) is 0 Å². The summed E-state index contributed by atoms with van der Waals surface area (Å²) in [6, 6.07) is 14.9. The first kappa shape index (κ1) is 19.5. The lowest BCUT2D eigenvalue weighted by atomic mass is 10.2. The minimum Gasteiger partial charge on any atom is -0.467 e. The van der Waals surface area contributed by atoms with Gasteiger partial charge >= 0.3 is 0 Å². The van der Waals surface area contributed by atoms with Crippen molar-refractivity contribution >= 4 is 23.4 Å². The number of hydrogen-bond donors (Lipinski definition) is 0. The van der Waals surface area contributed by atoms with Crippen LogP contribution in [0.15, 0.2) is 81.3 Å². The molecule has 0 saturated heterocycles. The monoisotopic (exact) mass is 450 g/mol. The quantitative estimate of drug-likeness (QED) is 0.320. The number of furan rings is 1. The maximum absolute atomic E-state index is 6.05. The second-order valence-corrected chi connectivity index (χ2v) is 7.91. The van der Waals surface area contributed by atoms with Gasteiger partial charge in [0.1, 0.15) is 5.76 Å². The fourth-order valence-electron chi connectivity index (χ4n) is 2.99. The second kappa shape index (κ2) is 8.75. The van der Waals surface area contributed by atoms with Crippen LogP contribution in [0.5, 0.6) is 0 Å². The molecule has 5 rings (SSSR count). The van der Waals surface area contributed by atoms with E-state index in [0.717, 1.165) is 16.9 Å². The summed E-state index contributed by atoms with van der Waals surface area (Å²) in [5.41, 5.74) is 1.65. The van der Waals surface area contributed by atoms with Gasteiger partial charge in [0.15, 0.2) is 16.8 Å². The van der Waals surface area contributed by atoms with Crippen molar-refractivity contribution in [1.82, 2.24) is 29.9 Å². The van der Waals surface area contributed by atoms with E-state index in [1.807, 2.05) is 41.0 Å². The standard InChI is InChI=1S/C21H15ClN6O2S/c22-16-6-1-4-14(10-16)20-24-18(27-30-20)13-31-21-26-25-19(15-5-2-8-23-11-15)28(21)12-17-7-3-9-29-17/h1-11H,12-13H2. The van der Waals surface area contributed by atoms with Crippen LogP contribution in [0, 0.1) is 0 Å². The van der Waals surface area contributed by atoms with Gasteiger partial charge in [0.25, 0.3) is 5.89 Å². The number of benzene rings is 1. The molecule has 0 saturated carbocycles. The number of pyridine rings is 1. The van der Waals surface area contributed by atoms with Crippen molar-refractivity contribution in [2.45, 2.75) is 17.5 Å². The fraction of sp³-hybridized carbons (Fsp3) is 0.0952. The third kappa shape index (κ3) is 4.37. The van der Waals surface area contributed by atoms with Crippen LogP contribution in [0.1, 0.15) is 11.6 Å². The molecular formula is C21H15ClN6O2S. The number of aromatic nitrogens is 6. The minimum atomic E-state index is 0.422. The van der Waals surface area contributed by atoms with Gasteiger partial charge in [-0.1, -0.05) is 34.6 Å². The van der Waals surface area contributed by atoms with E-state index >= 15 is 0 Å². The Morgan fingerprint density at radius 3 is 2.77 bits per heavy atom. The molecule has 0 radical (unpaired) electrons. The molecule has 0 aliphatic rings. The molecule has 0 atom stereocenters. The molecule has 5 aromatic rings. The van der Waals surface area contributed by atoms with Crippen molar-refractivity contribution in [1.29, 1.82) is 0 Å². The van der Waals surface area contributed by atoms with Gasteiger partial charge in [0.2, 0.25) is 0 Å². The average Bonchev–Trinajstić information content (AvgIpc) is 3.55. The Kier molecular flexibility index (Phi) is 5.51. The van der Waals surface area contributed by atoms with E-state index < -0.39 is 0 Å². The van der Waals surface area contributed by atoms with Crippen molar-refractivity contribution in [2.75, 3.05) is 0 Å². The smallest absolute Gasteiger partial charge is 0.258 e. The van der Waals surface area contributed by atoms with E-state index in [1.54, 1.807) is 30.8 Å². The molecular weight excluding hydrogens is 436 g/mol. The molecule has 0 aliphatic heterocycles. The van der Waals surface area contributed by atoms with Crippen molar-refractivity contribution < 1.29 is 8.94 Å². The zero-order valence-electron chi connectivity index (χ0n) is 16.1. The maximum atomic E-state index is 6.05. The highest BCUT2D eigenvalue weighted by Gasteiger charge is 2.17. The number of hydrogen-bond acceptors (Lipinski definition) is 8. The molecule has 8 nitrogen and oxygen atoms in total. The van der Waals surface area contributed by atoms with Crippen molar-refractivity contribution in [2.24, 2.45) is 0 Å². The highest BCUT2D eigenvalue weighted by Crippen LogP contribution is 2.28. The van der Waals surface area contributed by atoms with E-state index in [2.05, 4.69) is 25.3 Å². The van der Waals surface area contributed by atoms with Crippen molar-refractivity contribution in [3.63, 3.8) is 0 Å². The molecule has 0 aliphatic carbocycles. The second-order valence-electron chi connectivity index (χ2n) is 6.53. The molecule has 0 bridgehead atoms.